The zero-order valence-corrected chi connectivity index (χ0v) is 8.36. The molecule has 0 aliphatic heterocycles. The van der Waals surface area contributed by atoms with Gasteiger partial charge in [-0.3, -0.25) is 30.3 Å². The zero-order valence-electron chi connectivity index (χ0n) is 8.36. The zero-order chi connectivity index (χ0) is 13.2. The Balaban J connectivity index is 3.67. The molecule has 89 valence electrons. The SMILES string of the molecule is [CH2]Cc1cc([N+](=O)[O-])c([N+](=O)[O-])c([N+](=O)[O-])c1. The van der Waals surface area contributed by atoms with E-state index in [2.05, 4.69) is 6.92 Å². The lowest BCUT2D eigenvalue weighted by atomic mass is 10.1. The van der Waals surface area contributed by atoms with E-state index in [1.54, 1.807) is 0 Å². The Labute approximate surface area is 94.1 Å². The fraction of sp³-hybridized carbons (Fsp3) is 0.125. The van der Waals surface area contributed by atoms with Crippen LogP contribution in [0.1, 0.15) is 5.56 Å². The first-order valence-corrected chi connectivity index (χ1v) is 4.27. The average molecular weight is 240 g/mol. The van der Waals surface area contributed by atoms with Crippen LogP contribution in [-0.2, 0) is 6.42 Å². The minimum atomic E-state index is -1.14. The molecule has 1 aromatic carbocycles. The summed E-state index contributed by atoms with van der Waals surface area (Å²) >= 11 is 0. The molecule has 0 saturated heterocycles. The molecule has 0 amide bonds. The lowest BCUT2D eigenvalue weighted by molar-refractivity contribution is -0.441. The van der Waals surface area contributed by atoms with Gasteiger partial charge < -0.3 is 0 Å². The van der Waals surface area contributed by atoms with Gasteiger partial charge in [0.1, 0.15) is 0 Å². The summed E-state index contributed by atoms with van der Waals surface area (Å²) in [5.74, 6) is 0. The molecule has 0 saturated carbocycles. The molecule has 0 fully saturated rings. The molecule has 1 radical (unpaired) electrons. The predicted octanol–water partition coefficient (Wildman–Crippen LogP) is 1.79. The molecular weight excluding hydrogens is 234 g/mol. The van der Waals surface area contributed by atoms with E-state index in [4.69, 9.17) is 0 Å². The number of nitro groups is 3. The van der Waals surface area contributed by atoms with Crippen LogP contribution < -0.4 is 0 Å². The molecule has 0 bridgehead atoms. The van der Waals surface area contributed by atoms with Crippen LogP contribution in [-0.4, -0.2) is 14.8 Å². The van der Waals surface area contributed by atoms with Crippen molar-refractivity contribution in [2.24, 2.45) is 0 Å². The molecule has 9 heteroatoms. The summed E-state index contributed by atoms with van der Waals surface area (Å²) in [5, 5.41) is 31.9. The maximum atomic E-state index is 10.6. The van der Waals surface area contributed by atoms with Crippen LogP contribution in [0.5, 0.6) is 0 Å². The van der Waals surface area contributed by atoms with Crippen molar-refractivity contribution < 1.29 is 14.8 Å². The summed E-state index contributed by atoms with van der Waals surface area (Å²) in [4.78, 5) is 28.7. The maximum absolute atomic E-state index is 10.6. The molecule has 9 nitrogen and oxygen atoms in total. The first-order valence-electron chi connectivity index (χ1n) is 4.27. The number of hydrogen-bond donors (Lipinski definition) is 0. The molecule has 0 aromatic heterocycles. The van der Waals surface area contributed by atoms with Gasteiger partial charge >= 0.3 is 17.1 Å². The summed E-state index contributed by atoms with van der Waals surface area (Å²) in [6, 6.07) is 1.83. The highest BCUT2D eigenvalue weighted by Crippen LogP contribution is 2.37. The van der Waals surface area contributed by atoms with E-state index < -0.39 is 31.8 Å². The molecule has 0 aliphatic rings. The van der Waals surface area contributed by atoms with Gasteiger partial charge in [-0.1, -0.05) is 0 Å². The van der Waals surface area contributed by atoms with E-state index in [9.17, 15) is 30.3 Å². The average Bonchev–Trinajstić information content (AvgIpc) is 2.26. The van der Waals surface area contributed by atoms with Crippen LogP contribution >= 0.6 is 0 Å². The highest BCUT2D eigenvalue weighted by molar-refractivity contribution is 5.67. The van der Waals surface area contributed by atoms with Crippen molar-refractivity contribution in [2.45, 2.75) is 6.42 Å². The van der Waals surface area contributed by atoms with E-state index in [0.29, 0.717) is 0 Å². The van der Waals surface area contributed by atoms with Gasteiger partial charge in [0.2, 0.25) is 0 Å². The largest absolute Gasteiger partial charge is 0.422 e. The van der Waals surface area contributed by atoms with E-state index in [1.165, 1.54) is 0 Å². The van der Waals surface area contributed by atoms with Crippen LogP contribution in [0.3, 0.4) is 0 Å². The normalized spacial score (nSPS) is 9.94. The minimum Gasteiger partial charge on any atom is -0.258 e. The number of rotatable bonds is 4. The van der Waals surface area contributed by atoms with E-state index >= 15 is 0 Å². The van der Waals surface area contributed by atoms with Crippen molar-refractivity contribution >= 4 is 17.1 Å². The van der Waals surface area contributed by atoms with Gasteiger partial charge in [0.05, 0.1) is 14.8 Å². The van der Waals surface area contributed by atoms with E-state index in [-0.39, 0.29) is 12.0 Å². The van der Waals surface area contributed by atoms with Crippen LogP contribution in [0.4, 0.5) is 17.1 Å². The third-order valence-corrected chi connectivity index (χ3v) is 1.99. The predicted molar refractivity (Wildman–Crippen MR) is 55.5 cm³/mol. The van der Waals surface area contributed by atoms with Crippen molar-refractivity contribution in [1.29, 1.82) is 0 Å². The second-order valence-electron chi connectivity index (χ2n) is 3.00. The van der Waals surface area contributed by atoms with Gasteiger partial charge in [0.25, 0.3) is 0 Å². The molecule has 1 aromatic rings. The van der Waals surface area contributed by atoms with Crippen LogP contribution in [0, 0.1) is 37.3 Å². The minimum absolute atomic E-state index is 0.0552. The molecule has 0 unspecified atom stereocenters. The fourth-order valence-electron chi connectivity index (χ4n) is 1.27. The first kappa shape index (κ1) is 12.5. The fourth-order valence-corrected chi connectivity index (χ4v) is 1.27. The lowest BCUT2D eigenvalue weighted by Crippen LogP contribution is -2.02. The second-order valence-corrected chi connectivity index (χ2v) is 3.00. The van der Waals surface area contributed by atoms with Crippen molar-refractivity contribution in [3.8, 4) is 0 Å². The number of nitro benzene ring substituents is 3. The third kappa shape index (κ3) is 2.33. The summed E-state index contributed by atoms with van der Waals surface area (Å²) in [7, 11) is 0. The quantitative estimate of drug-likeness (QED) is 0.582. The maximum Gasteiger partial charge on any atom is 0.422 e. The molecule has 0 atom stereocenters. The number of nitrogens with zero attached hydrogens (tertiary/aromatic N) is 3. The number of hydrogen-bond acceptors (Lipinski definition) is 6. The highest BCUT2D eigenvalue weighted by atomic mass is 16.6. The molecule has 0 spiro atoms. The van der Waals surface area contributed by atoms with Crippen molar-refractivity contribution in [3.63, 3.8) is 0 Å². The van der Waals surface area contributed by atoms with E-state index in [1.807, 2.05) is 0 Å². The van der Waals surface area contributed by atoms with Crippen molar-refractivity contribution in [2.75, 3.05) is 0 Å². The monoisotopic (exact) mass is 240 g/mol. The molecule has 0 N–H and O–H groups in total. The van der Waals surface area contributed by atoms with Gasteiger partial charge in [-0.25, -0.2) is 0 Å². The van der Waals surface area contributed by atoms with Gasteiger partial charge in [0.15, 0.2) is 0 Å². The Kier molecular flexibility index (Phi) is 3.31. The highest BCUT2D eigenvalue weighted by Gasteiger charge is 2.36. The number of benzene rings is 1. The summed E-state index contributed by atoms with van der Waals surface area (Å²) in [6.45, 7) is 3.42. The van der Waals surface area contributed by atoms with Crippen LogP contribution in [0.2, 0.25) is 0 Å². The molecule has 1 rings (SSSR count). The van der Waals surface area contributed by atoms with Crippen LogP contribution in [0.25, 0.3) is 0 Å². The first-order chi connectivity index (χ1) is 7.88. The van der Waals surface area contributed by atoms with Gasteiger partial charge in [-0.15, -0.1) is 0 Å². The Morgan fingerprint density at radius 3 is 1.59 bits per heavy atom. The van der Waals surface area contributed by atoms with Gasteiger partial charge in [-0.2, -0.15) is 0 Å². The van der Waals surface area contributed by atoms with E-state index in [0.717, 1.165) is 12.1 Å². The summed E-state index contributed by atoms with van der Waals surface area (Å²) < 4.78 is 0. The Morgan fingerprint density at radius 1 is 0.941 bits per heavy atom. The molecule has 17 heavy (non-hydrogen) atoms. The Morgan fingerprint density at radius 2 is 1.35 bits per heavy atom. The van der Waals surface area contributed by atoms with Gasteiger partial charge in [-0.05, 0) is 18.9 Å². The summed E-state index contributed by atoms with van der Waals surface area (Å²) in [5.41, 5.74) is -2.73. The Bertz CT molecular complexity index is 477. The smallest absolute Gasteiger partial charge is 0.258 e. The molecular formula is C8H6N3O6. The molecule has 0 heterocycles. The molecule has 0 aliphatic carbocycles. The topological polar surface area (TPSA) is 129 Å². The lowest BCUT2D eigenvalue weighted by Gasteiger charge is -1.99. The third-order valence-electron chi connectivity index (χ3n) is 1.99. The summed E-state index contributed by atoms with van der Waals surface area (Å²) in [6.07, 6.45) is 0.0552. The Hall–Kier alpha value is -2.58. The second kappa shape index (κ2) is 4.51. The van der Waals surface area contributed by atoms with Gasteiger partial charge in [0, 0.05) is 12.1 Å². The standard InChI is InChI=1S/C8H6N3O6/c1-2-5-3-6(9(12)13)8(11(16)17)7(4-5)10(14)15/h3-4H,1-2H2. The van der Waals surface area contributed by atoms with Crippen molar-refractivity contribution in [3.05, 3.63) is 55.0 Å². The van der Waals surface area contributed by atoms with Crippen molar-refractivity contribution in [1.82, 2.24) is 0 Å². The van der Waals surface area contributed by atoms with Crippen LogP contribution in [0.15, 0.2) is 12.1 Å².